The summed E-state index contributed by atoms with van der Waals surface area (Å²) in [5.74, 6) is 0.614. The summed E-state index contributed by atoms with van der Waals surface area (Å²) in [7, 11) is 0. The van der Waals surface area contributed by atoms with Crippen LogP contribution in [0, 0.1) is 0 Å². The molecule has 0 saturated heterocycles. The number of hydrogen-bond acceptors (Lipinski definition) is 3. The van der Waals surface area contributed by atoms with Crippen molar-refractivity contribution in [2.24, 2.45) is 0 Å². The van der Waals surface area contributed by atoms with E-state index < -0.39 is 0 Å². The summed E-state index contributed by atoms with van der Waals surface area (Å²) in [5, 5.41) is 4.76. The number of hydrogen-bond donors (Lipinski definition) is 0. The van der Waals surface area contributed by atoms with E-state index in [4.69, 9.17) is 9.40 Å². The van der Waals surface area contributed by atoms with E-state index in [-0.39, 0.29) is 0 Å². The average Bonchev–Trinajstić information content (AvgIpc) is 3.89. The van der Waals surface area contributed by atoms with E-state index >= 15 is 0 Å². The highest BCUT2D eigenvalue weighted by Crippen LogP contribution is 2.47. The Morgan fingerprint density at radius 2 is 1.09 bits per heavy atom. The van der Waals surface area contributed by atoms with Crippen LogP contribution in [-0.4, -0.2) is 9.55 Å². The van der Waals surface area contributed by atoms with Gasteiger partial charge in [0, 0.05) is 44.3 Å². The number of oxazole rings is 1. The first-order chi connectivity index (χ1) is 28.3. The van der Waals surface area contributed by atoms with E-state index in [2.05, 4.69) is 185 Å². The first-order valence-electron chi connectivity index (χ1n) is 19.3. The molecule has 2 heterocycles. The fraction of sp³-hybridized carbons (Fsp3) is 0. The fourth-order valence-electron chi connectivity index (χ4n) is 8.39. The van der Waals surface area contributed by atoms with Crippen molar-refractivity contribution in [3.63, 3.8) is 0 Å². The van der Waals surface area contributed by atoms with Crippen molar-refractivity contribution in [1.82, 2.24) is 9.55 Å². The Morgan fingerprint density at radius 3 is 1.88 bits per heavy atom. The Bertz CT molecular complexity index is 3220. The Hall–Kier alpha value is -7.69. The second-order valence-electron chi connectivity index (χ2n) is 14.4. The monoisotopic (exact) mass is 729 g/mol. The van der Waals surface area contributed by atoms with Crippen LogP contribution in [0.4, 0.5) is 17.1 Å². The summed E-state index contributed by atoms with van der Waals surface area (Å²) >= 11 is 0. The van der Waals surface area contributed by atoms with Crippen LogP contribution in [0.3, 0.4) is 0 Å². The van der Waals surface area contributed by atoms with Gasteiger partial charge in [-0.15, -0.1) is 0 Å². The third-order valence-corrected chi connectivity index (χ3v) is 11.0. The molecule has 0 unspecified atom stereocenters. The molecular weight excluding hydrogens is 695 g/mol. The van der Waals surface area contributed by atoms with Crippen molar-refractivity contribution in [3.05, 3.63) is 212 Å². The van der Waals surface area contributed by atoms with Crippen molar-refractivity contribution in [2.75, 3.05) is 4.90 Å². The van der Waals surface area contributed by atoms with Crippen LogP contribution in [0.15, 0.2) is 217 Å². The van der Waals surface area contributed by atoms with E-state index in [0.29, 0.717) is 5.89 Å². The summed E-state index contributed by atoms with van der Waals surface area (Å²) in [6, 6.07) is 75.2. The lowest BCUT2D eigenvalue weighted by Crippen LogP contribution is -2.11. The topological polar surface area (TPSA) is 34.2 Å². The molecule has 0 saturated carbocycles. The minimum absolute atomic E-state index is 0.614. The van der Waals surface area contributed by atoms with Gasteiger partial charge in [-0.1, -0.05) is 146 Å². The number of benzene rings is 9. The van der Waals surface area contributed by atoms with E-state index in [1.165, 1.54) is 38.2 Å². The number of aromatic nitrogens is 2. The smallest absolute Gasteiger partial charge is 0.227 e. The normalized spacial score (nSPS) is 11.5. The quantitative estimate of drug-likeness (QED) is 0.164. The number of rotatable bonds is 7. The van der Waals surface area contributed by atoms with Crippen molar-refractivity contribution in [3.8, 4) is 39.4 Å². The van der Waals surface area contributed by atoms with Crippen LogP contribution in [0.1, 0.15) is 0 Å². The van der Waals surface area contributed by atoms with Crippen LogP contribution in [0.5, 0.6) is 0 Å². The summed E-state index contributed by atoms with van der Waals surface area (Å²) in [5.41, 5.74) is 13.6. The van der Waals surface area contributed by atoms with Crippen molar-refractivity contribution >= 4 is 60.7 Å². The van der Waals surface area contributed by atoms with Gasteiger partial charge >= 0.3 is 0 Å². The lowest BCUT2D eigenvalue weighted by molar-refractivity contribution is 0.621. The number of fused-ring (bicyclic) bond motifs is 6. The van der Waals surface area contributed by atoms with Crippen molar-refractivity contribution in [2.45, 2.75) is 0 Å². The Kier molecular flexibility index (Phi) is 7.78. The van der Waals surface area contributed by atoms with Gasteiger partial charge in [-0.25, -0.2) is 4.98 Å². The third-order valence-electron chi connectivity index (χ3n) is 11.0. The molecule has 0 aliphatic rings. The van der Waals surface area contributed by atoms with Gasteiger partial charge < -0.3 is 13.9 Å². The lowest BCUT2D eigenvalue weighted by atomic mass is 10.00. The largest absolute Gasteiger partial charge is 0.435 e. The highest BCUT2D eigenvalue weighted by molar-refractivity contribution is 6.24. The standard InChI is InChI=1S/C53H35N3O/c1-4-16-36(17-5-1)37-30-32-42(33-31-37)55(43-24-14-21-39(34-43)45-27-15-28-47-52(45)57-53(54-47)38-18-6-2-7-19-38)49-35-40-20-10-11-25-44(40)51-50(49)46-26-12-13-29-48(46)56(51)41-22-8-3-9-23-41/h1-35H. The minimum atomic E-state index is 0.614. The molecule has 57 heavy (non-hydrogen) atoms. The summed E-state index contributed by atoms with van der Waals surface area (Å²) in [6.07, 6.45) is 0. The maximum atomic E-state index is 6.54. The van der Waals surface area contributed by atoms with Crippen LogP contribution in [0.25, 0.3) is 83.1 Å². The molecule has 0 fully saturated rings. The Labute approximate surface area is 330 Å². The highest BCUT2D eigenvalue weighted by atomic mass is 16.3. The molecule has 0 aliphatic heterocycles. The molecule has 0 bridgehead atoms. The Morgan fingerprint density at radius 1 is 0.456 bits per heavy atom. The van der Waals surface area contributed by atoms with Crippen molar-refractivity contribution < 1.29 is 4.42 Å². The summed E-state index contributed by atoms with van der Waals surface area (Å²) in [4.78, 5) is 7.32. The molecule has 0 radical (unpaired) electrons. The van der Waals surface area contributed by atoms with Gasteiger partial charge in [0.25, 0.3) is 0 Å². The fourth-order valence-corrected chi connectivity index (χ4v) is 8.39. The maximum Gasteiger partial charge on any atom is 0.227 e. The second-order valence-corrected chi connectivity index (χ2v) is 14.4. The van der Waals surface area contributed by atoms with Gasteiger partial charge in [0.05, 0.1) is 16.7 Å². The molecule has 0 spiro atoms. The molecule has 0 N–H and O–H groups in total. The van der Waals surface area contributed by atoms with E-state index in [9.17, 15) is 0 Å². The van der Waals surface area contributed by atoms with Gasteiger partial charge in [-0.3, -0.25) is 0 Å². The minimum Gasteiger partial charge on any atom is -0.435 e. The van der Waals surface area contributed by atoms with Gasteiger partial charge in [-0.2, -0.15) is 0 Å². The molecule has 2 aromatic heterocycles. The lowest BCUT2D eigenvalue weighted by Gasteiger charge is -2.28. The zero-order valence-electron chi connectivity index (χ0n) is 31.0. The molecular formula is C53H35N3O. The highest BCUT2D eigenvalue weighted by Gasteiger charge is 2.24. The van der Waals surface area contributed by atoms with Crippen molar-refractivity contribution in [1.29, 1.82) is 0 Å². The third kappa shape index (κ3) is 5.58. The van der Waals surface area contributed by atoms with Crippen LogP contribution < -0.4 is 4.90 Å². The predicted molar refractivity (Wildman–Crippen MR) is 237 cm³/mol. The van der Waals surface area contributed by atoms with E-state index in [0.717, 1.165) is 56.1 Å². The summed E-state index contributed by atoms with van der Waals surface area (Å²) in [6.45, 7) is 0. The predicted octanol–water partition coefficient (Wildman–Crippen LogP) is 14.5. The van der Waals surface area contributed by atoms with Gasteiger partial charge in [0.2, 0.25) is 5.89 Å². The van der Waals surface area contributed by atoms with E-state index in [1.807, 2.05) is 36.4 Å². The van der Waals surface area contributed by atoms with Gasteiger partial charge in [-0.05, 0) is 88.8 Å². The Balaban J connectivity index is 1.18. The molecule has 9 aromatic carbocycles. The maximum absolute atomic E-state index is 6.54. The van der Waals surface area contributed by atoms with Gasteiger partial charge in [0.15, 0.2) is 5.58 Å². The summed E-state index contributed by atoms with van der Waals surface area (Å²) < 4.78 is 8.96. The molecule has 0 amide bonds. The zero-order valence-corrected chi connectivity index (χ0v) is 31.0. The van der Waals surface area contributed by atoms with Crippen LogP contribution in [-0.2, 0) is 0 Å². The molecule has 0 aliphatic carbocycles. The average molecular weight is 730 g/mol. The SMILES string of the molecule is c1ccc(-c2ccc(N(c3cccc(-c4cccc5nc(-c6ccccc6)oc45)c3)c3cc4ccccc4c4c3c3ccccc3n4-c3ccccc3)cc2)cc1. The molecule has 4 heteroatoms. The number of nitrogens with zero attached hydrogens (tertiary/aromatic N) is 3. The first kappa shape index (κ1) is 32.7. The molecule has 0 atom stereocenters. The van der Waals surface area contributed by atoms with Crippen LogP contribution >= 0.6 is 0 Å². The molecule has 4 nitrogen and oxygen atoms in total. The van der Waals surface area contributed by atoms with Gasteiger partial charge in [0.1, 0.15) is 5.52 Å². The molecule has 268 valence electrons. The molecule has 11 aromatic rings. The second kappa shape index (κ2) is 13.6. The number of para-hydroxylation sites is 3. The van der Waals surface area contributed by atoms with E-state index in [1.54, 1.807) is 0 Å². The number of anilines is 3. The molecule has 11 rings (SSSR count). The first-order valence-corrected chi connectivity index (χ1v) is 19.3. The zero-order chi connectivity index (χ0) is 37.7. The van der Waals surface area contributed by atoms with Crippen LogP contribution in [0.2, 0.25) is 0 Å².